The monoisotopic (exact) mass is 409 g/mol. The van der Waals surface area contributed by atoms with Crippen molar-refractivity contribution in [2.45, 2.75) is 0 Å². The zero-order chi connectivity index (χ0) is 16.0. The first-order valence-corrected chi connectivity index (χ1v) is 1.89. The molecule has 123 valence electrons. The summed E-state index contributed by atoms with van der Waals surface area (Å²) in [6.07, 6.45) is 0. The average molecular weight is 409 g/mol. The molecule has 0 aromatic heterocycles. The van der Waals surface area contributed by atoms with Crippen LogP contribution in [0.2, 0.25) is 0 Å². The van der Waals surface area contributed by atoms with E-state index in [1.807, 2.05) is 0 Å². The van der Waals surface area contributed by atoms with Gasteiger partial charge in [-0.3, -0.25) is 54.3 Å². The third-order valence-corrected chi connectivity index (χ3v) is 0. The quantitative estimate of drug-likeness (QED) is 0.325. The molecule has 0 rings (SSSR count). The average Bonchev–Trinajstić information content (AvgIpc) is 2.54. The third kappa shape index (κ3) is 2980. The molecule has 11 heteroatoms. The van der Waals surface area contributed by atoms with Crippen LogP contribution in [-0.2, 0) is 88.7 Å². The van der Waals surface area contributed by atoms with Gasteiger partial charge in [-0.05, 0) is 0 Å². The molecule has 3 radical (unpaired) electrons. The van der Waals surface area contributed by atoms with Gasteiger partial charge in [-0.15, -0.1) is 0 Å². The van der Waals surface area contributed by atoms with Crippen LogP contribution in [0.5, 0.6) is 0 Å². The van der Waals surface area contributed by atoms with Crippen molar-refractivity contribution in [3.63, 3.8) is 0 Å². The van der Waals surface area contributed by atoms with Gasteiger partial charge in [0.15, 0.2) is 0 Å². The van der Waals surface area contributed by atoms with Gasteiger partial charge in [0, 0.05) is 50.3 Å². The van der Waals surface area contributed by atoms with Gasteiger partial charge in [0.2, 0.25) is 0 Å². The summed E-state index contributed by atoms with van der Waals surface area (Å²) in [6.45, 7) is 26.0. The van der Waals surface area contributed by atoms with Crippen molar-refractivity contribution in [3.8, 4) is 0 Å². The molecule has 0 aliphatic heterocycles. The van der Waals surface area contributed by atoms with Crippen LogP contribution >= 0.6 is 0 Å². The molecular formula is C8H8Co3O8-8. The fourth-order valence-corrected chi connectivity index (χ4v) is 0. The van der Waals surface area contributed by atoms with E-state index in [9.17, 15) is 0 Å². The predicted molar refractivity (Wildman–Crippen MR) is 54.0 cm³/mol. The maximum Gasteiger partial charge on any atom is 0 e. The minimum absolute atomic E-state index is 0. The van der Waals surface area contributed by atoms with Gasteiger partial charge in [-0.2, -0.15) is 0 Å². The van der Waals surface area contributed by atoms with Crippen molar-refractivity contribution < 1.29 is 88.7 Å². The number of rotatable bonds is 0. The largest absolute Gasteiger partial charge is 0.545 e. The van der Waals surface area contributed by atoms with E-state index in [0.717, 1.165) is 0 Å². The van der Waals surface area contributed by atoms with Crippen molar-refractivity contribution in [1.82, 2.24) is 0 Å². The summed E-state index contributed by atoms with van der Waals surface area (Å²) in [4.78, 5) is 62.0. The van der Waals surface area contributed by atoms with E-state index in [1.165, 1.54) is 0 Å². The first-order valence-electron chi connectivity index (χ1n) is 1.89. The van der Waals surface area contributed by atoms with Crippen LogP contribution in [0.1, 0.15) is 0 Å². The van der Waals surface area contributed by atoms with E-state index in [1.54, 1.807) is 0 Å². The molecule has 0 aromatic rings. The Morgan fingerprint density at radius 1 is 0.211 bits per heavy atom. The second kappa shape index (κ2) is 3390. The van der Waals surface area contributed by atoms with Gasteiger partial charge in [0.05, 0.1) is 0 Å². The normalized spacial score (nSPS) is 1.68. The van der Waals surface area contributed by atoms with Crippen LogP contribution < -0.4 is 0 Å². The van der Waals surface area contributed by atoms with Crippen molar-refractivity contribution in [2.24, 2.45) is 0 Å². The van der Waals surface area contributed by atoms with Crippen molar-refractivity contribution in [1.29, 1.82) is 0 Å². The van der Waals surface area contributed by atoms with Gasteiger partial charge in [-0.1, -0.05) is 0 Å². The molecule has 19 heavy (non-hydrogen) atoms. The van der Waals surface area contributed by atoms with Crippen molar-refractivity contribution >= 4 is 54.3 Å². The molecule has 0 aromatic carbocycles. The Hall–Kier alpha value is -1.12. The standard InChI is InChI=1S/8CHO.3Co/c8*1-2;;;/h8*1H;;;/q8*-1;;;. The summed E-state index contributed by atoms with van der Waals surface area (Å²) < 4.78 is 0. The molecule has 8 nitrogen and oxygen atoms in total. The van der Waals surface area contributed by atoms with Gasteiger partial charge in [0.1, 0.15) is 0 Å². The second-order valence-electron chi connectivity index (χ2n) is 0. The second-order valence-corrected chi connectivity index (χ2v) is 0. The molecule has 0 spiro atoms. The number of hydrogen-bond donors (Lipinski definition) is 0. The first-order chi connectivity index (χ1) is 8.00. The van der Waals surface area contributed by atoms with Crippen molar-refractivity contribution in [2.75, 3.05) is 0 Å². The minimum atomic E-state index is 0. The van der Waals surface area contributed by atoms with Gasteiger partial charge < -0.3 is 38.4 Å². The summed E-state index contributed by atoms with van der Waals surface area (Å²) in [5, 5.41) is 0. The maximum absolute atomic E-state index is 7.75. The SMILES string of the molecule is [CH-]=O.[CH-]=O.[CH-]=O.[CH-]=O.[CH-]=O.[CH-]=O.[CH-]=O.[CH-]=O.[Co].[Co].[Co]. The number of hydrogen-bond acceptors (Lipinski definition) is 8. The van der Waals surface area contributed by atoms with Crippen LogP contribution in [-0.4, -0.2) is 54.3 Å². The molecule has 0 aliphatic rings. The molecule has 0 aliphatic carbocycles. The maximum atomic E-state index is 7.75. The molecule has 0 atom stereocenters. The fourth-order valence-electron chi connectivity index (χ4n) is 0. The minimum Gasteiger partial charge on any atom is -0.545 e. The molecular weight excluding hydrogens is 401 g/mol. The van der Waals surface area contributed by atoms with E-state index in [0.29, 0.717) is 0 Å². The fraction of sp³-hybridized carbons (Fsp3) is 0. The summed E-state index contributed by atoms with van der Waals surface area (Å²) in [5.41, 5.74) is 0. The van der Waals surface area contributed by atoms with E-state index >= 15 is 0 Å². The summed E-state index contributed by atoms with van der Waals surface area (Å²) in [6, 6.07) is 0. The zero-order valence-corrected chi connectivity index (χ0v) is 12.0. The Morgan fingerprint density at radius 2 is 0.211 bits per heavy atom. The molecule has 0 bridgehead atoms. The van der Waals surface area contributed by atoms with Crippen LogP contribution in [0.4, 0.5) is 0 Å². The Labute approximate surface area is 143 Å². The first kappa shape index (κ1) is 108. The summed E-state index contributed by atoms with van der Waals surface area (Å²) in [5.74, 6) is 0. The van der Waals surface area contributed by atoms with E-state index in [2.05, 4.69) is 54.3 Å². The molecule has 0 N–H and O–H groups in total. The third-order valence-electron chi connectivity index (χ3n) is 0. The predicted octanol–water partition coefficient (Wildman–Crippen LogP) is -2.20. The topological polar surface area (TPSA) is 137 Å². The van der Waals surface area contributed by atoms with Gasteiger partial charge >= 0.3 is 0 Å². The summed E-state index contributed by atoms with van der Waals surface area (Å²) in [7, 11) is 0. The molecule has 0 fully saturated rings. The van der Waals surface area contributed by atoms with Crippen LogP contribution in [0.3, 0.4) is 0 Å². The Balaban J connectivity index is -0.00000000418. The van der Waals surface area contributed by atoms with Gasteiger partial charge in [-0.25, -0.2) is 0 Å². The Bertz CT molecular complexity index is 52.0. The number of carbonyl (C=O) groups excluding carboxylic acids is 8. The van der Waals surface area contributed by atoms with E-state index < -0.39 is 0 Å². The molecule has 0 saturated carbocycles. The molecule has 0 saturated heterocycles. The molecule has 0 amide bonds. The summed E-state index contributed by atoms with van der Waals surface area (Å²) >= 11 is 0. The smallest absolute Gasteiger partial charge is 0 e. The van der Waals surface area contributed by atoms with Crippen LogP contribution in [0.25, 0.3) is 0 Å². The molecule has 0 heterocycles. The van der Waals surface area contributed by atoms with E-state index in [-0.39, 0.29) is 50.3 Å². The zero-order valence-electron chi connectivity index (χ0n) is 8.88. The van der Waals surface area contributed by atoms with Gasteiger partial charge in [0.25, 0.3) is 0 Å². The van der Waals surface area contributed by atoms with Crippen molar-refractivity contribution in [3.05, 3.63) is 0 Å². The van der Waals surface area contributed by atoms with E-state index in [4.69, 9.17) is 38.4 Å². The Morgan fingerprint density at radius 3 is 0.211 bits per heavy atom. The molecule has 0 unspecified atom stereocenters. The Kier molecular flexibility index (Phi) is 19200. The van der Waals surface area contributed by atoms with Crippen LogP contribution in [0, 0.1) is 0 Å². The van der Waals surface area contributed by atoms with Crippen LogP contribution in [0.15, 0.2) is 0 Å².